The number of aliphatic hydroxyl groups excluding tert-OH is 1. The van der Waals surface area contributed by atoms with Crippen molar-refractivity contribution in [3.05, 3.63) is 70.5 Å². The van der Waals surface area contributed by atoms with Gasteiger partial charge in [0.05, 0.1) is 7.11 Å². The number of benzene rings is 2. The molecule has 0 aliphatic rings. The molecule has 21 heavy (non-hydrogen) atoms. The normalized spacial score (nSPS) is 12.3. The topological polar surface area (TPSA) is 42.4 Å². The van der Waals surface area contributed by atoms with Gasteiger partial charge < -0.3 is 9.84 Å². The lowest BCUT2D eigenvalue weighted by Crippen LogP contribution is -2.04. The predicted octanol–water partition coefficient (Wildman–Crippen LogP) is 4.09. The number of halogens is 1. The fourth-order valence-corrected chi connectivity index (χ4v) is 2.72. The van der Waals surface area contributed by atoms with Crippen molar-refractivity contribution in [2.75, 3.05) is 7.11 Å². The molecule has 0 radical (unpaired) electrons. The molecule has 1 N–H and O–H groups in total. The van der Waals surface area contributed by atoms with Gasteiger partial charge >= 0.3 is 0 Å². The van der Waals surface area contributed by atoms with Gasteiger partial charge in [0.15, 0.2) is 0 Å². The highest BCUT2D eigenvalue weighted by molar-refractivity contribution is 9.10. The molecule has 0 bridgehead atoms. The molecule has 1 atom stereocenters. The van der Waals surface area contributed by atoms with E-state index in [0.29, 0.717) is 11.4 Å². The van der Waals surface area contributed by atoms with Crippen LogP contribution in [0.15, 0.2) is 59.2 Å². The van der Waals surface area contributed by atoms with Crippen LogP contribution >= 0.6 is 15.9 Å². The minimum absolute atomic E-state index is 0.525. The average molecular weight is 344 g/mol. The van der Waals surface area contributed by atoms with Crippen molar-refractivity contribution in [1.29, 1.82) is 0 Å². The van der Waals surface area contributed by atoms with Crippen molar-refractivity contribution in [2.45, 2.75) is 6.10 Å². The second kappa shape index (κ2) is 5.84. The maximum absolute atomic E-state index is 10.6. The molecule has 0 aliphatic heterocycles. The Morgan fingerprint density at radius 2 is 1.86 bits per heavy atom. The van der Waals surface area contributed by atoms with E-state index in [1.807, 2.05) is 36.4 Å². The minimum atomic E-state index is -0.811. The summed E-state index contributed by atoms with van der Waals surface area (Å²) < 4.78 is 6.30. The molecule has 0 saturated carbocycles. The molecule has 0 amide bonds. The van der Waals surface area contributed by atoms with E-state index in [0.717, 1.165) is 20.8 Å². The molecule has 4 heteroatoms. The summed E-state index contributed by atoms with van der Waals surface area (Å²) in [5, 5.41) is 12.8. The summed E-state index contributed by atoms with van der Waals surface area (Å²) in [5.41, 5.74) is 1.32. The standard InChI is InChI=1S/C17H14BrNO2/c1-21-15-3-2-8-19-16(15)17(20)13-5-4-12-10-14(18)7-6-11(12)9-13/h2-10,17,20H,1H3. The fourth-order valence-electron chi connectivity index (χ4n) is 2.34. The van der Waals surface area contributed by atoms with Crippen LogP contribution in [0.25, 0.3) is 10.8 Å². The highest BCUT2D eigenvalue weighted by Crippen LogP contribution is 2.30. The van der Waals surface area contributed by atoms with Crippen molar-refractivity contribution in [3.63, 3.8) is 0 Å². The first-order valence-corrected chi connectivity index (χ1v) is 7.34. The SMILES string of the molecule is COc1cccnc1C(O)c1ccc2cc(Br)ccc2c1. The summed E-state index contributed by atoms with van der Waals surface area (Å²) in [6, 6.07) is 15.5. The van der Waals surface area contributed by atoms with Gasteiger partial charge in [-0.2, -0.15) is 0 Å². The third-order valence-electron chi connectivity index (χ3n) is 3.42. The third-order valence-corrected chi connectivity index (χ3v) is 3.91. The van der Waals surface area contributed by atoms with Gasteiger partial charge in [-0.25, -0.2) is 0 Å². The molecule has 106 valence electrons. The van der Waals surface area contributed by atoms with E-state index in [1.54, 1.807) is 25.4 Å². The largest absolute Gasteiger partial charge is 0.495 e. The number of nitrogens with zero attached hydrogens (tertiary/aromatic N) is 1. The molecular weight excluding hydrogens is 330 g/mol. The molecule has 3 rings (SSSR count). The van der Waals surface area contributed by atoms with E-state index < -0.39 is 6.10 Å². The molecular formula is C17H14BrNO2. The summed E-state index contributed by atoms with van der Waals surface area (Å²) >= 11 is 3.46. The maximum Gasteiger partial charge on any atom is 0.143 e. The van der Waals surface area contributed by atoms with Crippen LogP contribution in [-0.4, -0.2) is 17.2 Å². The van der Waals surface area contributed by atoms with Gasteiger partial charge in [-0.3, -0.25) is 4.98 Å². The highest BCUT2D eigenvalue weighted by Gasteiger charge is 2.16. The zero-order valence-electron chi connectivity index (χ0n) is 11.5. The summed E-state index contributed by atoms with van der Waals surface area (Å²) in [7, 11) is 1.57. The molecule has 0 saturated heterocycles. The Morgan fingerprint density at radius 1 is 1.10 bits per heavy atom. The lowest BCUT2D eigenvalue weighted by Gasteiger charge is -2.14. The zero-order valence-corrected chi connectivity index (χ0v) is 13.0. The second-order valence-electron chi connectivity index (χ2n) is 4.74. The Bertz CT molecular complexity index is 789. The summed E-state index contributed by atoms with van der Waals surface area (Å²) in [6.45, 7) is 0. The van der Waals surface area contributed by atoms with E-state index in [4.69, 9.17) is 4.74 Å². The summed E-state index contributed by atoms with van der Waals surface area (Å²) in [6.07, 6.45) is 0.841. The van der Waals surface area contributed by atoms with E-state index in [-0.39, 0.29) is 0 Å². The van der Waals surface area contributed by atoms with Gasteiger partial charge in [-0.15, -0.1) is 0 Å². The van der Waals surface area contributed by atoms with Crippen molar-refractivity contribution in [1.82, 2.24) is 4.98 Å². The van der Waals surface area contributed by atoms with Gasteiger partial charge in [0.2, 0.25) is 0 Å². The molecule has 3 aromatic rings. The molecule has 3 nitrogen and oxygen atoms in total. The number of aromatic nitrogens is 1. The quantitative estimate of drug-likeness (QED) is 0.778. The van der Waals surface area contributed by atoms with Crippen LogP contribution < -0.4 is 4.74 Å². The molecule has 0 spiro atoms. The van der Waals surface area contributed by atoms with Crippen LogP contribution in [0.2, 0.25) is 0 Å². The number of methoxy groups -OCH3 is 1. The van der Waals surface area contributed by atoms with Crippen LogP contribution in [0, 0.1) is 0 Å². The van der Waals surface area contributed by atoms with Crippen molar-refractivity contribution >= 4 is 26.7 Å². The number of pyridine rings is 1. The lowest BCUT2D eigenvalue weighted by atomic mass is 10.0. The number of hydrogen-bond donors (Lipinski definition) is 1. The number of hydrogen-bond acceptors (Lipinski definition) is 3. The van der Waals surface area contributed by atoms with Gasteiger partial charge in [0, 0.05) is 10.7 Å². The number of aliphatic hydroxyl groups is 1. The molecule has 0 aliphatic carbocycles. The van der Waals surface area contributed by atoms with Gasteiger partial charge in [-0.1, -0.05) is 34.1 Å². The Labute approximate surface area is 131 Å². The Kier molecular flexibility index (Phi) is 3.90. The monoisotopic (exact) mass is 343 g/mol. The Balaban J connectivity index is 2.05. The number of fused-ring (bicyclic) bond motifs is 1. The van der Waals surface area contributed by atoms with E-state index in [1.165, 1.54) is 0 Å². The van der Waals surface area contributed by atoms with E-state index >= 15 is 0 Å². The smallest absolute Gasteiger partial charge is 0.143 e. The first-order chi connectivity index (χ1) is 10.2. The molecule has 1 heterocycles. The average Bonchev–Trinajstić information content (AvgIpc) is 2.53. The van der Waals surface area contributed by atoms with Crippen molar-refractivity contribution < 1.29 is 9.84 Å². The fraction of sp³-hybridized carbons (Fsp3) is 0.118. The third kappa shape index (κ3) is 2.77. The summed E-state index contributed by atoms with van der Waals surface area (Å²) in [5.74, 6) is 0.584. The minimum Gasteiger partial charge on any atom is -0.495 e. The van der Waals surface area contributed by atoms with Crippen LogP contribution in [0.1, 0.15) is 17.4 Å². The lowest BCUT2D eigenvalue weighted by molar-refractivity contribution is 0.209. The first kappa shape index (κ1) is 14.0. The molecule has 0 fully saturated rings. The van der Waals surface area contributed by atoms with Gasteiger partial charge in [0.1, 0.15) is 17.5 Å². The van der Waals surface area contributed by atoms with Crippen molar-refractivity contribution in [3.8, 4) is 5.75 Å². The summed E-state index contributed by atoms with van der Waals surface area (Å²) in [4.78, 5) is 4.24. The van der Waals surface area contributed by atoms with Crippen LogP contribution in [0.4, 0.5) is 0 Å². The second-order valence-corrected chi connectivity index (χ2v) is 5.66. The highest BCUT2D eigenvalue weighted by atomic mass is 79.9. The van der Waals surface area contributed by atoms with E-state index in [2.05, 4.69) is 20.9 Å². The Morgan fingerprint density at radius 3 is 2.67 bits per heavy atom. The molecule has 2 aromatic carbocycles. The van der Waals surface area contributed by atoms with Crippen LogP contribution in [-0.2, 0) is 0 Å². The van der Waals surface area contributed by atoms with Gasteiger partial charge in [-0.05, 0) is 46.7 Å². The van der Waals surface area contributed by atoms with Crippen LogP contribution in [0.5, 0.6) is 5.75 Å². The predicted molar refractivity (Wildman–Crippen MR) is 86.5 cm³/mol. The molecule has 1 aromatic heterocycles. The first-order valence-electron chi connectivity index (χ1n) is 6.55. The Hall–Kier alpha value is -1.91. The van der Waals surface area contributed by atoms with E-state index in [9.17, 15) is 5.11 Å². The van der Waals surface area contributed by atoms with Crippen molar-refractivity contribution in [2.24, 2.45) is 0 Å². The maximum atomic E-state index is 10.6. The number of ether oxygens (including phenoxy) is 1. The molecule has 1 unspecified atom stereocenters. The zero-order chi connectivity index (χ0) is 14.8. The number of rotatable bonds is 3. The van der Waals surface area contributed by atoms with Crippen LogP contribution in [0.3, 0.4) is 0 Å². The van der Waals surface area contributed by atoms with Gasteiger partial charge in [0.25, 0.3) is 0 Å².